The van der Waals surface area contributed by atoms with Gasteiger partial charge in [0.15, 0.2) is 0 Å². The molecule has 1 atom stereocenters. The van der Waals surface area contributed by atoms with Crippen LogP contribution in [0, 0.1) is 0 Å². The van der Waals surface area contributed by atoms with E-state index in [4.69, 9.17) is 4.74 Å². The quantitative estimate of drug-likeness (QED) is 0.664. The van der Waals surface area contributed by atoms with Crippen LogP contribution < -0.4 is 15.4 Å². The van der Waals surface area contributed by atoms with E-state index >= 15 is 0 Å². The van der Waals surface area contributed by atoms with Crippen molar-refractivity contribution in [2.75, 3.05) is 20.2 Å². The summed E-state index contributed by atoms with van der Waals surface area (Å²) in [5.41, 5.74) is 1.76. The number of methoxy groups -OCH3 is 1. The lowest BCUT2D eigenvalue weighted by Gasteiger charge is -2.12. The summed E-state index contributed by atoms with van der Waals surface area (Å²) in [6.45, 7) is 2.67. The number of hydrogen-bond donors (Lipinski definition) is 2. The predicted octanol–water partition coefficient (Wildman–Crippen LogP) is 2.86. The molecule has 2 rings (SSSR count). The second kappa shape index (κ2) is 10.5. The molecule has 0 saturated heterocycles. The third-order valence-electron chi connectivity index (χ3n) is 3.77. The molecule has 0 heterocycles. The van der Waals surface area contributed by atoms with Gasteiger partial charge in [0.2, 0.25) is 5.91 Å². The highest BCUT2D eigenvalue weighted by molar-refractivity contribution is 7.99. The molecule has 26 heavy (non-hydrogen) atoms. The van der Waals surface area contributed by atoms with E-state index in [0.29, 0.717) is 24.4 Å². The van der Waals surface area contributed by atoms with E-state index < -0.39 is 0 Å². The van der Waals surface area contributed by atoms with Gasteiger partial charge in [-0.15, -0.1) is 11.8 Å². The van der Waals surface area contributed by atoms with E-state index in [2.05, 4.69) is 10.6 Å². The molecular formula is C20H24N2O3S. The molecule has 0 aliphatic carbocycles. The van der Waals surface area contributed by atoms with Crippen molar-refractivity contribution in [2.45, 2.75) is 17.9 Å². The molecule has 0 saturated carbocycles. The van der Waals surface area contributed by atoms with Crippen molar-refractivity contribution in [3.8, 4) is 5.75 Å². The lowest BCUT2D eigenvalue weighted by atomic mass is 10.2. The minimum atomic E-state index is -0.173. The number of thioether (sulfide) groups is 1. The summed E-state index contributed by atoms with van der Waals surface area (Å²) in [5.74, 6) is 1.30. The lowest BCUT2D eigenvalue weighted by molar-refractivity contribution is -0.120. The van der Waals surface area contributed by atoms with Gasteiger partial charge in [-0.3, -0.25) is 9.59 Å². The van der Waals surface area contributed by atoms with E-state index in [1.807, 2.05) is 37.3 Å². The van der Waals surface area contributed by atoms with E-state index in [0.717, 1.165) is 5.75 Å². The normalized spacial score (nSPS) is 11.5. The molecule has 0 spiro atoms. The fourth-order valence-electron chi connectivity index (χ4n) is 2.22. The average molecular weight is 372 g/mol. The minimum Gasteiger partial charge on any atom is -0.497 e. The fraction of sp³-hybridized carbons (Fsp3) is 0.300. The van der Waals surface area contributed by atoms with Crippen LogP contribution in [0.25, 0.3) is 0 Å². The van der Waals surface area contributed by atoms with E-state index in [-0.39, 0.29) is 17.1 Å². The van der Waals surface area contributed by atoms with Crippen LogP contribution in [0.4, 0.5) is 0 Å². The molecule has 0 aliphatic heterocycles. The number of benzene rings is 2. The van der Waals surface area contributed by atoms with Crippen molar-refractivity contribution in [1.29, 1.82) is 0 Å². The Morgan fingerprint density at radius 2 is 1.65 bits per heavy atom. The van der Waals surface area contributed by atoms with Gasteiger partial charge in [0.05, 0.1) is 12.4 Å². The Morgan fingerprint density at radius 3 is 2.31 bits per heavy atom. The number of amides is 2. The Kier molecular flexibility index (Phi) is 8.02. The summed E-state index contributed by atoms with van der Waals surface area (Å²) in [6, 6.07) is 16.9. The van der Waals surface area contributed by atoms with Crippen molar-refractivity contribution >= 4 is 23.6 Å². The number of carbonyl (C=O) groups is 2. The molecule has 0 fully saturated rings. The average Bonchev–Trinajstić information content (AvgIpc) is 2.69. The summed E-state index contributed by atoms with van der Waals surface area (Å²) in [7, 11) is 1.58. The van der Waals surface area contributed by atoms with E-state index in [1.165, 1.54) is 5.56 Å². The van der Waals surface area contributed by atoms with Crippen molar-refractivity contribution in [3.63, 3.8) is 0 Å². The van der Waals surface area contributed by atoms with Gasteiger partial charge in [-0.1, -0.05) is 30.3 Å². The topological polar surface area (TPSA) is 67.4 Å². The highest BCUT2D eigenvalue weighted by atomic mass is 32.2. The van der Waals surface area contributed by atoms with Crippen LogP contribution in [-0.4, -0.2) is 37.3 Å². The Hall–Kier alpha value is -2.47. The smallest absolute Gasteiger partial charge is 0.251 e. The van der Waals surface area contributed by atoms with Gasteiger partial charge in [0.25, 0.3) is 5.91 Å². The number of nitrogens with one attached hydrogen (secondary N) is 2. The van der Waals surface area contributed by atoms with Crippen molar-refractivity contribution < 1.29 is 14.3 Å². The minimum absolute atomic E-state index is 0.0235. The van der Waals surface area contributed by atoms with Crippen LogP contribution in [0.3, 0.4) is 0 Å². The molecule has 2 aromatic rings. The first-order chi connectivity index (χ1) is 12.6. The van der Waals surface area contributed by atoms with Crippen LogP contribution in [-0.2, 0) is 10.5 Å². The summed E-state index contributed by atoms with van der Waals surface area (Å²) in [6.07, 6.45) is 0. The Labute approximate surface area is 158 Å². The zero-order chi connectivity index (χ0) is 18.8. The largest absolute Gasteiger partial charge is 0.497 e. The van der Waals surface area contributed by atoms with Gasteiger partial charge < -0.3 is 15.4 Å². The molecule has 5 nitrogen and oxygen atoms in total. The number of rotatable bonds is 9. The summed E-state index contributed by atoms with van der Waals surface area (Å²) >= 11 is 1.59. The predicted molar refractivity (Wildman–Crippen MR) is 106 cm³/mol. The standard InChI is InChI=1S/C20H24N2O3S/c1-15(26-14-16-6-4-3-5-7-16)19(23)21-12-13-22-20(24)17-8-10-18(25-2)11-9-17/h3-11,15H,12-14H2,1-2H3,(H,21,23)(H,22,24). The third-order valence-corrected chi connectivity index (χ3v) is 4.99. The van der Waals surface area contributed by atoms with Crippen LogP contribution in [0.5, 0.6) is 5.75 Å². The molecular weight excluding hydrogens is 348 g/mol. The monoisotopic (exact) mass is 372 g/mol. The van der Waals surface area contributed by atoms with E-state index in [9.17, 15) is 9.59 Å². The van der Waals surface area contributed by atoms with Crippen LogP contribution in [0.1, 0.15) is 22.8 Å². The SMILES string of the molecule is COc1ccc(C(=O)NCCNC(=O)C(C)SCc2ccccc2)cc1. The molecule has 138 valence electrons. The molecule has 2 amide bonds. The number of ether oxygens (including phenoxy) is 1. The third kappa shape index (κ3) is 6.44. The van der Waals surface area contributed by atoms with Gasteiger partial charge in [-0.25, -0.2) is 0 Å². The maximum absolute atomic E-state index is 12.1. The van der Waals surface area contributed by atoms with Crippen molar-refractivity contribution in [3.05, 3.63) is 65.7 Å². The molecule has 2 N–H and O–H groups in total. The van der Waals surface area contributed by atoms with E-state index in [1.54, 1.807) is 43.1 Å². The first kappa shape index (κ1) is 19.8. The molecule has 0 aliphatic rings. The lowest BCUT2D eigenvalue weighted by Crippen LogP contribution is -2.37. The Morgan fingerprint density at radius 1 is 1.00 bits per heavy atom. The summed E-state index contributed by atoms with van der Waals surface area (Å²) < 4.78 is 5.06. The van der Waals surface area contributed by atoms with Crippen molar-refractivity contribution in [2.24, 2.45) is 0 Å². The molecule has 1 unspecified atom stereocenters. The van der Waals surface area contributed by atoms with Gasteiger partial charge in [-0.05, 0) is 36.8 Å². The molecule has 0 radical (unpaired) electrons. The maximum Gasteiger partial charge on any atom is 0.251 e. The molecule has 0 aromatic heterocycles. The van der Waals surface area contributed by atoms with Gasteiger partial charge in [0, 0.05) is 24.4 Å². The second-order valence-corrected chi connectivity index (χ2v) is 7.04. The first-order valence-electron chi connectivity index (χ1n) is 8.45. The molecule has 2 aromatic carbocycles. The highest BCUT2D eigenvalue weighted by Gasteiger charge is 2.13. The Balaban J connectivity index is 1.64. The van der Waals surface area contributed by atoms with Crippen molar-refractivity contribution in [1.82, 2.24) is 10.6 Å². The van der Waals surface area contributed by atoms with Gasteiger partial charge in [-0.2, -0.15) is 0 Å². The second-order valence-electron chi connectivity index (χ2n) is 5.71. The van der Waals surface area contributed by atoms with Gasteiger partial charge >= 0.3 is 0 Å². The summed E-state index contributed by atoms with van der Waals surface area (Å²) in [4.78, 5) is 24.1. The highest BCUT2D eigenvalue weighted by Crippen LogP contribution is 2.17. The van der Waals surface area contributed by atoms with Crippen LogP contribution in [0.2, 0.25) is 0 Å². The fourth-order valence-corrected chi connectivity index (χ4v) is 3.09. The maximum atomic E-state index is 12.1. The number of carbonyl (C=O) groups excluding carboxylic acids is 2. The molecule has 6 heteroatoms. The molecule has 0 bridgehead atoms. The van der Waals surface area contributed by atoms with Crippen LogP contribution >= 0.6 is 11.8 Å². The number of hydrogen-bond acceptors (Lipinski definition) is 4. The Bertz CT molecular complexity index is 705. The van der Waals surface area contributed by atoms with Gasteiger partial charge in [0.1, 0.15) is 5.75 Å². The summed E-state index contributed by atoms with van der Waals surface area (Å²) in [5, 5.41) is 5.49. The van der Waals surface area contributed by atoms with Crippen LogP contribution in [0.15, 0.2) is 54.6 Å². The first-order valence-corrected chi connectivity index (χ1v) is 9.50. The zero-order valence-electron chi connectivity index (χ0n) is 15.0. The zero-order valence-corrected chi connectivity index (χ0v) is 15.8.